The smallest absolute Gasteiger partial charge is 0.263 e. The van der Waals surface area contributed by atoms with E-state index in [1.807, 2.05) is 0 Å². The summed E-state index contributed by atoms with van der Waals surface area (Å²) >= 11 is 13.9. The summed E-state index contributed by atoms with van der Waals surface area (Å²) in [5, 5.41) is 4.37. The maximum Gasteiger partial charge on any atom is 0.263 e. The molecule has 1 saturated heterocycles. The van der Waals surface area contributed by atoms with Gasteiger partial charge in [0.05, 0.1) is 22.6 Å². The number of carbonyl (C=O) groups is 1. The van der Waals surface area contributed by atoms with E-state index in [-0.39, 0.29) is 18.0 Å². The summed E-state index contributed by atoms with van der Waals surface area (Å²) in [5.74, 6) is 0.319. The molecule has 0 radical (unpaired) electrons. The van der Waals surface area contributed by atoms with E-state index in [0.717, 1.165) is 62.0 Å². The number of likely N-dealkylation sites (tertiary alicyclic amines) is 1. The topological polar surface area (TPSA) is 67.2 Å². The first-order valence-corrected chi connectivity index (χ1v) is 12.6. The molecule has 1 fully saturated rings. The molecule has 0 spiro atoms. The number of amides is 1. The van der Waals surface area contributed by atoms with Crippen LogP contribution in [0.25, 0.3) is 10.2 Å². The number of halogens is 2. The van der Waals surface area contributed by atoms with E-state index in [1.165, 1.54) is 4.88 Å². The summed E-state index contributed by atoms with van der Waals surface area (Å²) in [4.78, 5) is 35.9. The first-order valence-electron chi connectivity index (χ1n) is 11.0. The molecule has 3 aromatic rings. The Hall–Kier alpha value is -1.93. The molecular weight excluding hydrogens is 467 g/mol. The molecule has 0 saturated carbocycles. The largest absolute Gasteiger partial charge is 0.323 e. The molecule has 2 aliphatic rings. The summed E-state index contributed by atoms with van der Waals surface area (Å²) in [7, 11) is 0. The Kier molecular flexibility index (Phi) is 6.25. The minimum absolute atomic E-state index is 0.113. The fourth-order valence-electron chi connectivity index (χ4n) is 4.63. The van der Waals surface area contributed by atoms with Crippen LogP contribution in [0, 0.1) is 0 Å². The van der Waals surface area contributed by atoms with Crippen molar-refractivity contribution in [1.82, 2.24) is 14.5 Å². The number of nitrogens with zero attached hydrogens (tertiary/aromatic N) is 3. The first kappa shape index (κ1) is 21.9. The maximum absolute atomic E-state index is 13.6. The highest BCUT2D eigenvalue weighted by Gasteiger charge is 2.24. The molecule has 32 heavy (non-hydrogen) atoms. The Morgan fingerprint density at radius 3 is 2.72 bits per heavy atom. The number of rotatable bonds is 5. The van der Waals surface area contributed by atoms with Crippen molar-refractivity contribution in [2.45, 2.75) is 51.6 Å². The zero-order valence-corrected chi connectivity index (χ0v) is 20.0. The van der Waals surface area contributed by atoms with Gasteiger partial charge in [-0.1, -0.05) is 23.2 Å². The highest BCUT2D eigenvalue weighted by atomic mass is 35.5. The predicted molar refractivity (Wildman–Crippen MR) is 130 cm³/mol. The summed E-state index contributed by atoms with van der Waals surface area (Å²) in [6.45, 7) is 2.43. The molecule has 2 aromatic heterocycles. The normalized spacial score (nSPS) is 16.4. The van der Waals surface area contributed by atoms with Gasteiger partial charge >= 0.3 is 0 Å². The van der Waals surface area contributed by atoms with Gasteiger partial charge in [0.1, 0.15) is 17.2 Å². The van der Waals surface area contributed by atoms with Gasteiger partial charge in [-0.3, -0.25) is 19.1 Å². The highest BCUT2D eigenvalue weighted by molar-refractivity contribution is 7.18. The third-order valence-electron chi connectivity index (χ3n) is 6.22. The average molecular weight is 491 g/mol. The zero-order valence-electron chi connectivity index (χ0n) is 17.6. The van der Waals surface area contributed by atoms with Gasteiger partial charge in [0, 0.05) is 9.90 Å². The van der Waals surface area contributed by atoms with Crippen molar-refractivity contribution in [3.05, 3.63) is 54.9 Å². The number of thiophene rings is 1. The standard InChI is InChI=1S/C23H24Cl2N4O2S/c24-14-7-8-16(25)17(11-14)26-20(30)13-29-19(12-28-9-3-4-10-28)27-22-21(23(29)31)15-5-1-2-6-18(15)32-22/h7-8,11H,1-6,9-10,12-13H2,(H,26,30). The number of benzene rings is 1. The second kappa shape index (κ2) is 9.14. The second-order valence-electron chi connectivity index (χ2n) is 8.47. The zero-order chi connectivity index (χ0) is 22.2. The fraction of sp³-hybridized carbons (Fsp3) is 0.435. The number of hydrogen-bond acceptors (Lipinski definition) is 5. The number of anilines is 1. The van der Waals surface area contributed by atoms with Gasteiger partial charge in [-0.2, -0.15) is 0 Å². The van der Waals surface area contributed by atoms with Crippen LogP contribution in [0.1, 0.15) is 41.9 Å². The molecule has 9 heteroatoms. The van der Waals surface area contributed by atoms with E-state index in [4.69, 9.17) is 28.2 Å². The molecule has 1 amide bonds. The van der Waals surface area contributed by atoms with Crippen LogP contribution in [0.3, 0.4) is 0 Å². The van der Waals surface area contributed by atoms with Crippen LogP contribution in [0.4, 0.5) is 5.69 Å². The summed E-state index contributed by atoms with van der Waals surface area (Å²) in [5.41, 5.74) is 1.45. The van der Waals surface area contributed by atoms with Crippen LogP contribution in [0.15, 0.2) is 23.0 Å². The molecule has 5 rings (SSSR count). The molecule has 1 aromatic carbocycles. The Bertz CT molecular complexity index is 1250. The molecule has 6 nitrogen and oxygen atoms in total. The van der Waals surface area contributed by atoms with E-state index in [9.17, 15) is 9.59 Å². The molecule has 0 unspecified atom stereocenters. The van der Waals surface area contributed by atoms with Gasteiger partial charge in [-0.25, -0.2) is 4.98 Å². The molecule has 0 atom stereocenters. The SMILES string of the molecule is O=C(Cn1c(CN2CCCC2)nc2sc3c(c2c1=O)CCCC3)Nc1cc(Cl)ccc1Cl. The number of nitrogens with one attached hydrogen (secondary N) is 1. The van der Waals surface area contributed by atoms with Crippen molar-refractivity contribution in [3.63, 3.8) is 0 Å². The lowest BCUT2D eigenvalue weighted by molar-refractivity contribution is -0.116. The summed E-state index contributed by atoms with van der Waals surface area (Å²) < 4.78 is 1.55. The molecule has 1 N–H and O–H groups in total. The third kappa shape index (κ3) is 4.31. The van der Waals surface area contributed by atoms with Gasteiger partial charge in [-0.05, 0) is 75.4 Å². The minimum atomic E-state index is -0.329. The van der Waals surface area contributed by atoms with E-state index in [1.54, 1.807) is 34.1 Å². The average Bonchev–Trinajstić information content (AvgIpc) is 3.41. The van der Waals surface area contributed by atoms with E-state index < -0.39 is 0 Å². The molecule has 1 aliphatic heterocycles. The minimum Gasteiger partial charge on any atom is -0.323 e. The Labute approximate surface area is 200 Å². The van der Waals surface area contributed by atoms with Crippen molar-refractivity contribution in [2.24, 2.45) is 0 Å². The lowest BCUT2D eigenvalue weighted by Crippen LogP contribution is -2.34. The van der Waals surface area contributed by atoms with Gasteiger partial charge in [-0.15, -0.1) is 11.3 Å². The van der Waals surface area contributed by atoms with Crippen LogP contribution < -0.4 is 10.9 Å². The number of aryl methyl sites for hydroxylation is 2. The monoisotopic (exact) mass is 490 g/mol. The van der Waals surface area contributed by atoms with Crippen molar-refractivity contribution in [3.8, 4) is 0 Å². The van der Waals surface area contributed by atoms with E-state index in [2.05, 4.69) is 10.2 Å². The van der Waals surface area contributed by atoms with Gasteiger partial charge in [0.25, 0.3) is 5.56 Å². The molecular formula is C23H24Cl2N4O2S. The van der Waals surface area contributed by atoms with Crippen LogP contribution >= 0.6 is 34.5 Å². The van der Waals surface area contributed by atoms with Crippen molar-refractivity contribution in [1.29, 1.82) is 0 Å². The summed E-state index contributed by atoms with van der Waals surface area (Å²) in [6, 6.07) is 4.90. The maximum atomic E-state index is 13.6. The van der Waals surface area contributed by atoms with Gasteiger partial charge in [0.15, 0.2) is 0 Å². The van der Waals surface area contributed by atoms with Gasteiger partial charge in [0.2, 0.25) is 5.91 Å². The molecule has 168 valence electrons. The van der Waals surface area contributed by atoms with E-state index >= 15 is 0 Å². The van der Waals surface area contributed by atoms with Crippen molar-refractivity contribution < 1.29 is 4.79 Å². The van der Waals surface area contributed by atoms with E-state index in [0.29, 0.717) is 33.5 Å². The number of hydrogen-bond donors (Lipinski definition) is 1. The lowest BCUT2D eigenvalue weighted by atomic mass is 9.97. The quantitative estimate of drug-likeness (QED) is 0.553. The van der Waals surface area contributed by atoms with Crippen LogP contribution in [0.5, 0.6) is 0 Å². The van der Waals surface area contributed by atoms with Crippen molar-refractivity contribution >= 4 is 56.3 Å². The highest BCUT2D eigenvalue weighted by Crippen LogP contribution is 2.34. The molecule has 0 bridgehead atoms. The first-order chi connectivity index (χ1) is 15.5. The number of fused-ring (bicyclic) bond motifs is 3. The van der Waals surface area contributed by atoms with Gasteiger partial charge < -0.3 is 5.32 Å². The van der Waals surface area contributed by atoms with Crippen molar-refractivity contribution in [2.75, 3.05) is 18.4 Å². The van der Waals surface area contributed by atoms with Crippen LogP contribution in [-0.2, 0) is 30.7 Å². The number of carbonyl (C=O) groups excluding carboxylic acids is 1. The number of aromatic nitrogens is 2. The predicted octanol–water partition coefficient (Wildman–Crippen LogP) is 4.88. The van der Waals surface area contributed by atoms with Crippen LogP contribution in [0.2, 0.25) is 10.0 Å². The molecule has 3 heterocycles. The fourth-order valence-corrected chi connectivity index (χ4v) is 6.24. The Morgan fingerprint density at radius 1 is 1.12 bits per heavy atom. The Morgan fingerprint density at radius 2 is 1.91 bits per heavy atom. The molecule has 1 aliphatic carbocycles. The second-order valence-corrected chi connectivity index (χ2v) is 10.4. The van der Waals surface area contributed by atoms with Crippen LogP contribution in [-0.4, -0.2) is 33.4 Å². The summed E-state index contributed by atoms with van der Waals surface area (Å²) in [6.07, 6.45) is 6.44. The third-order valence-corrected chi connectivity index (χ3v) is 7.97. The Balaban J connectivity index is 1.53. The lowest BCUT2D eigenvalue weighted by Gasteiger charge is -2.18.